The van der Waals surface area contributed by atoms with Gasteiger partial charge in [0.2, 0.25) is 0 Å². The Morgan fingerprint density at radius 3 is 2.40 bits per heavy atom. The molecule has 4 nitrogen and oxygen atoms in total. The summed E-state index contributed by atoms with van der Waals surface area (Å²) in [5, 5.41) is 24.7. The van der Waals surface area contributed by atoms with Gasteiger partial charge in [0.15, 0.2) is 5.92 Å². The predicted octanol–water partition coefficient (Wildman–Crippen LogP) is -0.341. The van der Waals surface area contributed by atoms with E-state index in [9.17, 15) is 0 Å². The van der Waals surface area contributed by atoms with Gasteiger partial charge in [-0.1, -0.05) is 0 Å². The molecule has 0 fully saturated rings. The maximum atomic E-state index is 8.23. The van der Waals surface area contributed by atoms with Gasteiger partial charge in [0.05, 0.1) is 32.0 Å². The monoisotopic (exact) mass is 140 g/mol. The van der Waals surface area contributed by atoms with Crippen LogP contribution in [0.5, 0.6) is 0 Å². The van der Waals surface area contributed by atoms with Crippen molar-refractivity contribution in [1.29, 1.82) is 10.5 Å². The molecule has 0 aliphatic carbocycles. The molecule has 4 heteroatoms. The highest BCUT2D eigenvalue weighted by Crippen LogP contribution is 1.91. The fourth-order valence-corrected chi connectivity index (χ4v) is 0.369. The first kappa shape index (κ1) is 8.90. The van der Waals surface area contributed by atoms with Crippen LogP contribution in [-0.2, 0) is 4.74 Å². The van der Waals surface area contributed by atoms with E-state index in [-0.39, 0.29) is 19.8 Å². The minimum absolute atomic E-state index is 0.0769. The van der Waals surface area contributed by atoms with Gasteiger partial charge in [0, 0.05) is 0 Å². The van der Waals surface area contributed by atoms with Crippen LogP contribution in [0.3, 0.4) is 0 Å². The maximum Gasteiger partial charge on any atom is 0.156 e. The van der Waals surface area contributed by atoms with Crippen molar-refractivity contribution in [2.45, 2.75) is 0 Å². The molecule has 0 atom stereocenters. The minimum Gasteiger partial charge on any atom is -0.394 e. The number of ether oxygens (including phenoxy) is 1. The van der Waals surface area contributed by atoms with E-state index in [1.807, 2.05) is 0 Å². The third-order valence-electron chi connectivity index (χ3n) is 0.832. The zero-order valence-electron chi connectivity index (χ0n) is 5.45. The lowest BCUT2D eigenvalue weighted by atomic mass is 10.2. The Morgan fingerprint density at radius 2 is 2.00 bits per heavy atom. The first-order valence-electron chi connectivity index (χ1n) is 2.83. The summed E-state index contributed by atoms with van der Waals surface area (Å²) in [6.07, 6.45) is 0. The van der Waals surface area contributed by atoms with E-state index in [1.165, 1.54) is 0 Å². The molecule has 0 aliphatic heterocycles. The Hall–Kier alpha value is -1.10. The Morgan fingerprint density at radius 1 is 1.40 bits per heavy atom. The molecule has 0 spiro atoms. The maximum absolute atomic E-state index is 8.23. The Bertz CT molecular complexity index is 142. The Labute approximate surface area is 59.3 Å². The van der Waals surface area contributed by atoms with Crippen LogP contribution in [0.15, 0.2) is 0 Å². The lowest BCUT2D eigenvalue weighted by Gasteiger charge is -1.99. The molecule has 0 aromatic carbocycles. The van der Waals surface area contributed by atoms with Gasteiger partial charge in [0.25, 0.3) is 0 Å². The SMILES string of the molecule is N#CC(C#N)COCCO. The van der Waals surface area contributed by atoms with Gasteiger partial charge in [-0.25, -0.2) is 0 Å². The normalized spacial score (nSPS) is 8.80. The second-order valence-electron chi connectivity index (χ2n) is 1.61. The lowest BCUT2D eigenvalue weighted by molar-refractivity contribution is 0.0864. The van der Waals surface area contributed by atoms with Crippen LogP contribution in [0.2, 0.25) is 0 Å². The summed E-state index contributed by atoms with van der Waals surface area (Å²) in [6.45, 7) is 0.178. The summed E-state index contributed by atoms with van der Waals surface area (Å²) >= 11 is 0. The molecule has 54 valence electrons. The van der Waals surface area contributed by atoms with Crippen LogP contribution in [-0.4, -0.2) is 24.9 Å². The van der Waals surface area contributed by atoms with Gasteiger partial charge in [-0.2, -0.15) is 10.5 Å². The zero-order chi connectivity index (χ0) is 7.82. The molecule has 0 saturated heterocycles. The zero-order valence-corrected chi connectivity index (χ0v) is 5.45. The highest BCUT2D eigenvalue weighted by molar-refractivity contribution is 4.98. The number of nitriles is 2. The van der Waals surface area contributed by atoms with Crippen molar-refractivity contribution >= 4 is 0 Å². The second kappa shape index (κ2) is 6.03. The number of aliphatic hydroxyl groups excluding tert-OH is 1. The number of hydrogen-bond donors (Lipinski definition) is 1. The molecule has 0 bridgehead atoms. The van der Waals surface area contributed by atoms with E-state index < -0.39 is 5.92 Å². The molecular formula is C6H8N2O2. The van der Waals surface area contributed by atoms with Crippen LogP contribution >= 0.6 is 0 Å². The summed E-state index contributed by atoms with van der Waals surface area (Å²) in [4.78, 5) is 0. The second-order valence-corrected chi connectivity index (χ2v) is 1.61. The van der Waals surface area contributed by atoms with Gasteiger partial charge < -0.3 is 9.84 Å². The summed E-state index contributed by atoms with van der Waals surface area (Å²) < 4.78 is 4.73. The van der Waals surface area contributed by atoms with Crippen molar-refractivity contribution < 1.29 is 9.84 Å². The van der Waals surface area contributed by atoms with Crippen molar-refractivity contribution in [2.24, 2.45) is 5.92 Å². The van der Waals surface area contributed by atoms with Gasteiger partial charge in [-0.15, -0.1) is 0 Å². The molecule has 0 radical (unpaired) electrons. The summed E-state index contributed by atoms with van der Waals surface area (Å²) in [7, 11) is 0. The smallest absolute Gasteiger partial charge is 0.156 e. The van der Waals surface area contributed by atoms with Crippen LogP contribution in [0.4, 0.5) is 0 Å². The van der Waals surface area contributed by atoms with E-state index in [4.69, 9.17) is 20.4 Å². The van der Waals surface area contributed by atoms with Crippen molar-refractivity contribution in [3.63, 3.8) is 0 Å². The van der Waals surface area contributed by atoms with Gasteiger partial charge in [-0.05, 0) is 0 Å². The number of hydrogen-bond acceptors (Lipinski definition) is 4. The fraction of sp³-hybridized carbons (Fsp3) is 0.667. The number of nitrogens with zero attached hydrogens (tertiary/aromatic N) is 2. The molecule has 0 rings (SSSR count). The predicted molar refractivity (Wildman–Crippen MR) is 32.6 cm³/mol. The van der Waals surface area contributed by atoms with Gasteiger partial charge in [0.1, 0.15) is 0 Å². The number of rotatable bonds is 4. The first-order valence-corrected chi connectivity index (χ1v) is 2.83. The van der Waals surface area contributed by atoms with Crippen molar-refractivity contribution in [3.05, 3.63) is 0 Å². The standard InChI is InChI=1S/C6H8N2O2/c7-3-6(4-8)5-10-2-1-9/h6,9H,1-2,5H2. The summed E-state index contributed by atoms with van der Waals surface area (Å²) in [5.41, 5.74) is 0. The van der Waals surface area contributed by atoms with E-state index in [0.717, 1.165) is 0 Å². The first-order chi connectivity index (χ1) is 4.85. The molecule has 0 unspecified atom stereocenters. The summed E-state index contributed by atoms with van der Waals surface area (Å²) in [5.74, 6) is -0.716. The molecule has 0 amide bonds. The Balaban J connectivity index is 3.31. The molecule has 0 aromatic heterocycles. The number of aliphatic hydroxyl groups is 1. The van der Waals surface area contributed by atoms with E-state index in [0.29, 0.717) is 0 Å². The van der Waals surface area contributed by atoms with Crippen molar-refractivity contribution in [3.8, 4) is 12.1 Å². The fourth-order valence-electron chi connectivity index (χ4n) is 0.369. The molecule has 0 heterocycles. The van der Waals surface area contributed by atoms with Crippen LogP contribution < -0.4 is 0 Å². The molecule has 0 aromatic rings. The minimum atomic E-state index is -0.716. The third kappa shape index (κ3) is 3.85. The largest absolute Gasteiger partial charge is 0.394 e. The average Bonchev–Trinajstić information content (AvgIpc) is 1.99. The van der Waals surface area contributed by atoms with Gasteiger partial charge >= 0.3 is 0 Å². The van der Waals surface area contributed by atoms with Crippen molar-refractivity contribution in [2.75, 3.05) is 19.8 Å². The highest BCUT2D eigenvalue weighted by Gasteiger charge is 2.03. The van der Waals surface area contributed by atoms with Crippen LogP contribution in [0.25, 0.3) is 0 Å². The molecule has 0 saturated carbocycles. The molecule has 10 heavy (non-hydrogen) atoms. The summed E-state index contributed by atoms with van der Waals surface area (Å²) in [6, 6.07) is 3.49. The quantitative estimate of drug-likeness (QED) is 0.542. The molecule has 1 N–H and O–H groups in total. The van der Waals surface area contributed by atoms with E-state index in [2.05, 4.69) is 0 Å². The molecule has 0 aliphatic rings. The van der Waals surface area contributed by atoms with Crippen LogP contribution in [0.1, 0.15) is 0 Å². The van der Waals surface area contributed by atoms with Crippen molar-refractivity contribution in [1.82, 2.24) is 0 Å². The lowest BCUT2D eigenvalue weighted by Crippen LogP contribution is -2.07. The van der Waals surface area contributed by atoms with Crippen LogP contribution in [0, 0.1) is 28.6 Å². The third-order valence-corrected chi connectivity index (χ3v) is 0.832. The van der Waals surface area contributed by atoms with E-state index >= 15 is 0 Å². The molecular weight excluding hydrogens is 132 g/mol. The van der Waals surface area contributed by atoms with E-state index in [1.54, 1.807) is 12.1 Å². The topological polar surface area (TPSA) is 77.0 Å². The highest BCUT2D eigenvalue weighted by atomic mass is 16.5. The van der Waals surface area contributed by atoms with Gasteiger partial charge in [-0.3, -0.25) is 0 Å². The average molecular weight is 140 g/mol. The Kier molecular flexibility index (Phi) is 5.36.